The summed E-state index contributed by atoms with van der Waals surface area (Å²) in [6, 6.07) is 0. The summed E-state index contributed by atoms with van der Waals surface area (Å²) in [5, 5.41) is 10.2. The zero-order chi connectivity index (χ0) is 17.1. The highest BCUT2D eigenvalue weighted by atomic mass is 35.6. The number of aliphatic hydroxyl groups is 1. The number of rotatable bonds is 0. The molecule has 0 radical (unpaired) electrons. The van der Waals surface area contributed by atoms with Gasteiger partial charge in [0.25, 0.3) is 9.58 Å². The summed E-state index contributed by atoms with van der Waals surface area (Å²) < 4.78 is 0.350. The van der Waals surface area contributed by atoms with E-state index in [9.17, 15) is 9.90 Å². The van der Waals surface area contributed by atoms with E-state index in [-0.39, 0.29) is 10.1 Å². The summed E-state index contributed by atoms with van der Waals surface area (Å²) in [5.74, 6) is -6.46. The van der Waals surface area contributed by atoms with Crippen molar-refractivity contribution in [3.8, 4) is 0 Å². The summed E-state index contributed by atoms with van der Waals surface area (Å²) in [6.07, 6.45) is 0. The molecule has 124 valence electrons. The van der Waals surface area contributed by atoms with Crippen LogP contribution in [0.25, 0.3) is 0 Å². The minimum Gasteiger partial charge on any atom is -0.428 e. The van der Waals surface area contributed by atoms with E-state index >= 15 is 0 Å². The Kier molecular flexibility index (Phi) is 3.99. The first-order chi connectivity index (χ1) is 9.69. The Hall–Kier alpha value is 1.78. The first-order valence-corrected chi connectivity index (χ1v) is 8.93. The lowest BCUT2D eigenvalue weighted by Crippen LogP contribution is -2.57. The molecule has 1 saturated heterocycles. The predicted molar refractivity (Wildman–Crippen MR) is 88.6 cm³/mol. The van der Waals surface area contributed by atoms with Crippen LogP contribution < -0.4 is 0 Å². The van der Waals surface area contributed by atoms with Gasteiger partial charge in [0.05, 0.1) is 21.9 Å². The predicted octanol–water partition coefficient (Wildman–Crippen LogP) is 4.68. The fourth-order valence-electron chi connectivity index (χ4n) is 3.29. The number of halogens is 9. The quantitative estimate of drug-likeness (QED) is 0.397. The first kappa shape index (κ1) is 18.6. The van der Waals surface area contributed by atoms with Crippen LogP contribution in [0, 0.1) is 11.8 Å². The average molecular weight is 490 g/mol. The Bertz CT molecular complexity index is 628. The third kappa shape index (κ3) is 1.64. The fourth-order valence-corrected chi connectivity index (χ4v) is 6.74. The third-order valence-electron chi connectivity index (χ3n) is 4.27. The van der Waals surface area contributed by atoms with Crippen LogP contribution in [-0.4, -0.2) is 34.7 Å². The molecule has 3 rings (SSSR count). The number of hydrogen-bond acceptors (Lipinski definition) is 3. The first-order valence-electron chi connectivity index (χ1n) is 5.52. The standard InChI is InChI=1S/C10H3Cl9O3/c11-3-4(12)7(14)2-1(6(3,13)9(7,15)16)5(20)22-8(2,21)10(17,18)19/h1-2,21H/t1-,2-,6-,7-,8+/m0/s1. The molecule has 0 aromatic rings. The molecule has 0 spiro atoms. The molecular weight excluding hydrogens is 487 g/mol. The van der Waals surface area contributed by atoms with Crippen molar-refractivity contribution in [2.45, 2.75) is 23.7 Å². The zero-order valence-electron chi connectivity index (χ0n) is 9.82. The Labute approximate surface area is 169 Å². The molecule has 2 aliphatic carbocycles. The van der Waals surface area contributed by atoms with Gasteiger partial charge in [0, 0.05) is 0 Å². The number of esters is 1. The van der Waals surface area contributed by atoms with Crippen LogP contribution in [0.4, 0.5) is 0 Å². The molecule has 0 amide bonds. The van der Waals surface area contributed by atoms with Crippen molar-refractivity contribution >= 4 is 110 Å². The van der Waals surface area contributed by atoms with Gasteiger partial charge in [-0.15, -0.1) is 23.2 Å². The van der Waals surface area contributed by atoms with Gasteiger partial charge in [0.2, 0.25) is 0 Å². The summed E-state index contributed by atoms with van der Waals surface area (Å²) in [7, 11) is 0. The van der Waals surface area contributed by atoms with Gasteiger partial charge in [-0.2, -0.15) is 0 Å². The van der Waals surface area contributed by atoms with Gasteiger partial charge in [-0.1, -0.05) is 81.2 Å². The van der Waals surface area contributed by atoms with E-state index in [0.717, 1.165) is 0 Å². The highest BCUT2D eigenvalue weighted by Gasteiger charge is 2.91. The minimum absolute atomic E-state index is 0.220. The van der Waals surface area contributed by atoms with Crippen LogP contribution in [0.15, 0.2) is 10.1 Å². The number of cyclic esters (lactones) is 1. The van der Waals surface area contributed by atoms with Crippen LogP contribution in [-0.2, 0) is 9.53 Å². The molecule has 5 atom stereocenters. The number of carbonyl (C=O) groups is 1. The molecular formula is C10H3Cl9O3. The van der Waals surface area contributed by atoms with E-state index < -0.39 is 41.5 Å². The maximum Gasteiger partial charge on any atom is 0.314 e. The lowest BCUT2D eigenvalue weighted by molar-refractivity contribution is -0.201. The van der Waals surface area contributed by atoms with Crippen LogP contribution in [0.3, 0.4) is 0 Å². The number of hydrogen-bond donors (Lipinski definition) is 1. The van der Waals surface area contributed by atoms with E-state index in [0.29, 0.717) is 0 Å². The van der Waals surface area contributed by atoms with Crippen LogP contribution in [0.5, 0.6) is 0 Å². The number of fused-ring (bicyclic) bond motifs is 5. The van der Waals surface area contributed by atoms with Crippen molar-refractivity contribution in [1.82, 2.24) is 0 Å². The highest BCUT2D eigenvalue weighted by Crippen LogP contribution is 2.80. The third-order valence-corrected chi connectivity index (χ3v) is 9.34. The molecule has 12 heteroatoms. The van der Waals surface area contributed by atoms with Crippen molar-refractivity contribution < 1.29 is 14.6 Å². The fraction of sp³-hybridized carbons (Fsp3) is 0.700. The summed E-state index contributed by atoms with van der Waals surface area (Å²) in [5.41, 5.74) is 0. The molecule has 3 aliphatic rings. The molecule has 1 heterocycles. The van der Waals surface area contributed by atoms with E-state index in [1.807, 2.05) is 0 Å². The van der Waals surface area contributed by atoms with E-state index in [1.165, 1.54) is 0 Å². The molecule has 0 aromatic heterocycles. The molecule has 2 fully saturated rings. The second kappa shape index (κ2) is 4.73. The van der Waals surface area contributed by atoms with Crippen molar-refractivity contribution in [3.05, 3.63) is 10.1 Å². The maximum absolute atomic E-state index is 12.3. The average Bonchev–Trinajstić information content (AvgIpc) is 2.76. The number of alkyl halides is 7. The van der Waals surface area contributed by atoms with E-state index in [4.69, 9.17) is 109 Å². The Morgan fingerprint density at radius 2 is 1.45 bits per heavy atom. The number of ether oxygens (including phenoxy) is 1. The lowest BCUT2D eigenvalue weighted by atomic mass is 9.79. The van der Waals surface area contributed by atoms with Crippen LogP contribution in [0.2, 0.25) is 0 Å². The summed E-state index contributed by atoms with van der Waals surface area (Å²) in [4.78, 5) is 8.33. The monoisotopic (exact) mass is 486 g/mol. The smallest absolute Gasteiger partial charge is 0.314 e. The molecule has 1 saturated carbocycles. The molecule has 3 nitrogen and oxygen atoms in total. The molecule has 0 unspecified atom stereocenters. The van der Waals surface area contributed by atoms with E-state index in [2.05, 4.69) is 0 Å². The topological polar surface area (TPSA) is 46.5 Å². The van der Waals surface area contributed by atoms with E-state index in [1.54, 1.807) is 0 Å². The molecule has 1 aliphatic heterocycles. The van der Waals surface area contributed by atoms with Gasteiger partial charge in [-0.05, 0) is 0 Å². The summed E-state index contributed by atoms with van der Waals surface area (Å²) >= 11 is 55.0. The number of allylic oxidation sites excluding steroid dienone is 2. The SMILES string of the molecule is O=C1O[C@@](O)(C(Cl)(Cl)Cl)[C@H]2[C@@H]1[C@]1(Cl)C(Cl)=C(Cl)[C@]2(Cl)C1(Cl)Cl. The Morgan fingerprint density at radius 1 is 1.00 bits per heavy atom. The Balaban J connectivity index is 2.35. The second-order valence-electron chi connectivity index (χ2n) is 5.20. The summed E-state index contributed by atoms with van der Waals surface area (Å²) in [6.45, 7) is 0. The zero-order valence-corrected chi connectivity index (χ0v) is 16.6. The van der Waals surface area contributed by atoms with Crippen molar-refractivity contribution in [1.29, 1.82) is 0 Å². The molecule has 0 aromatic carbocycles. The van der Waals surface area contributed by atoms with Gasteiger partial charge < -0.3 is 9.84 Å². The van der Waals surface area contributed by atoms with Gasteiger partial charge >= 0.3 is 5.97 Å². The molecule has 22 heavy (non-hydrogen) atoms. The molecule has 2 bridgehead atoms. The van der Waals surface area contributed by atoms with Crippen LogP contribution in [0.1, 0.15) is 0 Å². The number of carbonyl (C=O) groups excluding carboxylic acids is 1. The molecule has 1 N–H and O–H groups in total. The van der Waals surface area contributed by atoms with Gasteiger partial charge in [0.1, 0.15) is 9.75 Å². The van der Waals surface area contributed by atoms with Crippen molar-refractivity contribution in [2.24, 2.45) is 11.8 Å². The minimum atomic E-state index is -2.65. The maximum atomic E-state index is 12.3. The van der Waals surface area contributed by atoms with Crippen molar-refractivity contribution in [3.63, 3.8) is 0 Å². The lowest BCUT2D eigenvalue weighted by Gasteiger charge is -2.41. The van der Waals surface area contributed by atoms with Gasteiger partial charge in [-0.3, -0.25) is 4.79 Å². The largest absolute Gasteiger partial charge is 0.428 e. The van der Waals surface area contributed by atoms with Gasteiger partial charge in [-0.25, -0.2) is 0 Å². The van der Waals surface area contributed by atoms with Crippen molar-refractivity contribution in [2.75, 3.05) is 0 Å². The Morgan fingerprint density at radius 3 is 1.91 bits per heavy atom. The highest BCUT2D eigenvalue weighted by molar-refractivity contribution is 6.69. The normalized spacial score (nSPS) is 49.6. The van der Waals surface area contributed by atoms with Crippen LogP contribution >= 0.6 is 104 Å². The van der Waals surface area contributed by atoms with Gasteiger partial charge in [0.15, 0.2) is 4.33 Å². The second-order valence-corrected chi connectivity index (χ2v) is 10.8.